The second kappa shape index (κ2) is 5.91. The second-order valence-corrected chi connectivity index (χ2v) is 5.50. The van der Waals surface area contributed by atoms with Gasteiger partial charge in [0.05, 0.1) is 0 Å². The van der Waals surface area contributed by atoms with Crippen LogP contribution < -0.4 is 10.2 Å². The number of hydrogen-bond acceptors (Lipinski definition) is 3. The van der Waals surface area contributed by atoms with Gasteiger partial charge in [-0.15, -0.1) is 0 Å². The molecule has 1 aromatic rings. The maximum Gasteiger partial charge on any atom is 0.0451 e. The number of anilines is 1. The normalized spacial score (nSPS) is 24.3. The SMILES string of the molecule is Cc1cc(Cl)ccc1N1CC(C)NCC1CCO. The van der Waals surface area contributed by atoms with Gasteiger partial charge in [0, 0.05) is 42.5 Å². The van der Waals surface area contributed by atoms with E-state index >= 15 is 0 Å². The van der Waals surface area contributed by atoms with Crippen molar-refractivity contribution in [2.24, 2.45) is 0 Å². The van der Waals surface area contributed by atoms with Crippen LogP contribution in [0.3, 0.4) is 0 Å². The van der Waals surface area contributed by atoms with Gasteiger partial charge in [-0.25, -0.2) is 0 Å². The Balaban J connectivity index is 2.26. The number of halogens is 1. The van der Waals surface area contributed by atoms with Crippen LogP contribution in [0.1, 0.15) is 18.9 Å². The highest BCUT2D eigenvalue weighted by atomic mass is 35.5. The molecule has 100 valence electrons. The lowest BCUT2D eigenvalue weighted by molar-refractivity contribution is 0.260. The van der Waals surface area contributed by atoms with Crippen LogP contribution in [0, 0.1) is 6.92 Å². The first-order chi connectivity index (χ1) is 8.61. The molecule has 1 aromatic carbocycles. The second-order valence-electron chi connectivity index (χ2n) is 5.06. The fourth-order valence-corrected chi connectivity index (χ4v) is 2.83. The van der Waals surface area contributed by atoms with Crippen LogP contribution in [0.15, 0.2) is 18.2 Å². The van der Waals surface area contributed by atoms with Crippen LogP contribution in [-0.2, 0) is 0 Å². The molecule has 1 aliphatic heterocycles. The summed E-state index contributed by atoms with van der Waals surface area (Å²) in [5.74, 6) is 0. The average molecular weight is 269 g/mol. The fourth-order valence-electron chi connectivity index (χ4n) is 2.60. The highest BCUT2D eigenvalue weighted by Crippen LogP contribution is 2.27. The minimum absolute atomic E-state index is 0.226. The lowest BCUT2D eigenvalue weighted by Gasteiger charge is -2.41. The summed E-state index contributed by atoms with van der Waals surface area (Å²) in [6.07, 6.45) is 0.793. The maximum absolute atomic E-state index is 9.19. The van der Waals surface area contributed by atoms with Crippen molar-refractivity contribution in [2.45, 2.75) is 32.4 Å². The summed E-state index contributed by atoms with van der Waals surface area (Å²) >= 11 is 6.01. The van der Waals surface area contributed by atoms with Crippen LogP contribution in [0.25, 0.3) is 0 Å². The van der Waals surface area contributed by atoms with Crippen LogP contribution >= 0.6 is 11.6 Å². The summed E-state index contributed by atoms with van der Waals surface area (Å²) in [6, 6.07) is 6.84. The summed E-state index contributed by atoms with van der Waals surface area (Å²) in [5.41, 5.74) is 2.42. The quantitative estimate of drug-likeness (QED) is 0.882. The molecule has 1 saturated heterocycles. The zero-order valence-electron chi connectivity index (χ0n) is 11.0. The van der Waals surface area contributed by atoms with Gasteiger partial charge in [-0.3, -0.25) is 0 Å². The van der Waals surface area contributed by atoms with Crippen LogP contribution in [0.5, 0.6) is 0 Å². The largest absolute Gasteiger partial charge is 0.396 e. The third-order valence-electron chi connectivity index (χ3n) is 3.54. The molecule has 1 heterocycles. The Hall–Kier alpha value is -0.770. The van der Waals surface area contributed by atoms with E-state index in [1.165, 1.54) is 11.3 Å². The summed E-state index contributed by atoms with van der Waals surface area (Å²) < 4.78 is 0. The summed E-state index contributed by atoms with van der Waals surface area (Å²) in [7, 11) is 0. The molecule has 0 bridgehead atoms. The topological polar surface area (TPSA) is 35.5 Å². The Morgan fingerprint density at radius 1 is 1.50 bits per heavy atom. The Bertz CT molecular complexity index is 411. The summed E-state index contributed by atoms with van der Waals surface area (Å²) in [6.45, 7) is 6.39. The molecule has 0 aliphatic carbocycles. The van der Waals surface area contributed by atoms with Crippen molar-refractivity contribution in [2.75, 3.05) is 24.6 Å². The number of hydrogen-bond donors (Lipinski definition) is 2. The first-order valence-electron chi connectivity index (χ1n) is 6.49. The minimum Gasteiger partial charge on any atom is -0.396 e. The van der Waals surface area contributed by atoms with Crippen LogP contribution in [0.4, 0.5) is 5.69 Å². The zero-order chi connectivity index (χ0) is 13.1. The highest BCUT2D eigenvalue weighted by molar-refractivity contribution is 6.30. The van der Waals surface area contributed by atoms with Gasteiger partial charge in [0.15, 0.2) is 0 Å². The molecule has 1 aliphatic rings. The van der Waals surface area contributed by atoms with Gasteiger partial charge in [0.25, 0.3) is 0 Å². The standard InChI is InChI=1S/C14H21ClN2O/c1-10-7-12(15)3-4-14(10)17-9-11(2)16-8-13(17)5-6-18/h3-4,7,11,13,16,18H,5-6,8-9H2,1-2H3. The van der Waals surface area contributed by atoms with Crippen molar-refractivity contribution in [3.8, 4) is 0 Å². The van der Waals surface area contributed by atoms with Crippen molar-refractivity contribution < 1.29 is 5.11 Å². The van der Waals surface area contributed by atoms with Crippen molar-refractivity contribution in [1.82, 2.24) is 5.32 Å². The number of aliphatic hydroxyl groups is 1. The van der Waals surface area contributed by atoms with Gasteiger partial charge in [0.1, 0.15) is 0 Å². The summed E-state index contributed by atoms with van der Waals surface area (Å²) in [5, 5.41) is 13.4. The van der Waals surface area contributed by atoms with Crippen molar-refractivity contribution >= 4 is 17.3 Å². The van der Waals surface area contributed by atoms with E-state index in [1.807, 2.05) is 12.1 Å². The number of nitrogens with one attached hydrogen (secondary N) is 1. The van der Waals surface area contributed by atoms with E-state index in [4.69, 9.17) is 11.6 Å². The number of nitrogens with zero attached hydrogens (tertiary/aromatic N) is 1. The molecule has 3 nitrogen and oxygen atoms in total. The Morgan fingerprint density at radius 2 is 2.28 bits per heavy atom. The Kier molecular flexibility index (Phi) is 4.49. The molecule has 2 N–H and O–H groups in total. The van der Waals surface area contributed by atoms with E-state index < -0.39 is 0 Å². The van der Waals surface area contributed by atoms with Gasteiger partial charge in [-0.2, -0.15) is 0 Å². The predicted molar refractivity (Wildman–Crippen MR) is 76.5 cm³/mol. The van der Waals surface area contributed by atoms with Crippen LogP contribution in [0.2, 0.25) is 5.02 Å². The fraction of sp³-hybridized carbons (Fsp3) is 0.571. The molecule has 2 rings (SSSR count). The smallest absolute Gasteiger partial charge is 0.0451 e. The van der Waals surface area contributed by atoms with Gasteiger partial charge in [0.2, 0.25) is 0 Å². The monoisotopic (exact) mass is 268 g/mol. The van der Waals surface area contributed by atoms with Crippen LogP contribution in [-0.4, -0.2) is 36.9 Å². The number of rotatable bonds is 3. The van der Waals surface area contributed by atoms with E-state index in [-0.39, 0.29) is 6.61 Å². The average Bonchev–Trinajstić information content (AvgIpc) is 2.32. The van der Waals surface area contributed by atoms with E-state index in [0.717, 1.165) is 24.5 Å². The molecule has 0 aromatic heterocycles. The molecule has 1 fully saturated rings. The number of piperazine rings is 1. The van der Waals surface area contributed by atoms with Crippen molar-refractivity contribution in [1.29, 1.82) is 0 Å². The van der Waals surface area contributed by atoms with Gasteiger partial charge in [-0.05, 0) is 44.0 Å². The van der Waals surface area contributed by atoms with Gasteiger partial charge in [-0.1, -0.05) is 11.6 Å². The lowest BCUT2D eigenvalue weighted by atomic mass is 10.0. The first-order valence-corrected chi connectivity index (χ1v) is 6.86. The minimum atomic E-state index is 0.226. The number of aryl methyl sites for hydroxylation is 1. The third kappa shape index (κ3) is 2.97. The Labute approximate surface area is 114 Å². The highest BCUT2D eigenvalue weighted by Gasteiger charge is 2.26. The molecule has 0 amide bonds. The van der Waals surface area contributed by atoms with Crippen molar-refractivity contribution in [3.63, 3.8) is 0 Å². The molecule has 2 unspecified atom stereocenters. The lowest BCUT2D eigenvalue weighted by Crippen LogP contribution is -2.56. The maximum atomic E-state index is 9.19. The van der Waals surface area contributed by atoms with Gasteiger partial charge >= 0.3 is 0 Å². The molecule has 0 radical (unpaired) electrons. The van der Waals surface area contributed by atoms with Crippen molar-refractivity contribution in [3.05, 3.63) is 28.8 Å². The molecule has 0 spiro atoms. The number of benzene rings is 1. The third-order valence-corrected chi connectivity index (χ3v) is 3.78. The molecule has 2 atom stereocenters. The van der Waals surface area contributed by atoms with E-state index in [0.29, 0.717) is 12.1 Å². The van der Waals surface area contributed by atoms with E-state index in [2.05, 4.69) is 30.1 Å². The number of aliphatic hydroxyl groups excluding tert-OH is 1. The van der Waals surface area contributed by atoms with Gasteiger partial charge < -0.3 is 15.3 Å². The molecule has 0 saturated carbocycles. The molecular formula is C14H21ClN2O. The molecular weight excluding hydrogens is 248 g/mol. The molecule has 18 heavy (non-hydrogen) atoms. The zero-order valence-corrected chi connectivity index (χ0v) is 11.7. The summed E-state index contributed by atoms with van der Waals surface area (Å²) in [4.78, 5) is 2.39. The first kappa shape index (κ1) is 13.7. The molecule has 4 heteroatoms. The van der Waals surface area contributed by atoms with E-state index in [1.54, 1.807) is 0 Å². The Morgan fingerprint density at radius 3 is 2.94 bits per heavy atom. The van der Waals surface area contributed by atoms with E-state index in [9.17, 15) is 5.11 Å². The predicted octanol–water partition coefficient (Wildman–Crippen LogP) is 2.20.